The number of halogens is 5. The van der Waals surface area contributed by atoms with Crippen molar-refractivity contribution in [3.05, 3.63) is 52.9 Å². The first-order valence-electron chi connectivity index (χ1n) is 6.81. The maximum atomic E-state index is 13.2. The molecule has 0 amide bonds. The van der Waals surface area contributed by atoms with Gasteiger partial charge in [0.25, 0.3) is 0 Å². The summed E-state index contributed by atoms with van der Waals surface area (Å²) >= 11 is 5.74. The second-order valence-corrected chi connectivity index (χ2v) is 6.97. The van der Waals surface area contributed by atoms with Crippen molar-refractivity contribution >= 4 is 27.4 Å². The lowest BCUT2D eigenvalue weighted by Gasteiger charge is -2.10. The molecule has 1 aromatic heterocycles. The molecule has 0 unspecified atom stereocenters. The number of anilines is 1. The van der Waals surface area contributed by atoms with Gasteiger partial charge >= 0.3 is 6.18 Å². The highest BCUT2D eigenvalue weighted by Crippen LogP contribution is 2.28. The van der Waals surface area contributed by atoms with Gasteiger partial charge in [-0.2, -0.15) is 13.2 Å². The van der Waals surface area contributed by atoms with Crippen molar-refractivity contribution in [2.45, 2.75) is 11.1 Å². The van der Waals surface area contributed by atoms with Crippen molar-refractivity contribution in [1.29, 1.82) is 0 Å². The molecule has 1 heterocycles. The van der Waals surface area contributed by atoms with Gasteiger partial charge in [-0.25, -0.2) is 22.5 Å². The molecule has 0 radical (unpaired) electrons. The Bertz CT molecular complexity index is 842. The molecule has 2 rings (SSSR count). The third kappa shape index (κ3) is 5.28. The molecular weight excluding hydrogens is 386 g/mol. The van der Waals surface area contributed by atoms with Crippen LogP contribution in [0.25, 0.3) is 0 Å². The first-order valence-corrected chi connectivity index (χ1v) is 8.67. The number of alkyl halides is 3. The van der Waals surface area contributed by atoms with E-state index in [2.05, 4.69) is 15.0 Å². The van der Waals surface area contributed by atoms with E-state index < -0.39 is 32.5 Å². The predicted octanol–water partition coefficient (Wildman–Crippen LogP) is 3.28. The number of benzene rings is 1. The monoisotopic (exact) mass is 397 g/mol. The molecule has 2 aromatic rings. The Morgan fingerprint density at radius 2 is 1.84 bits per heavy atom. The van der Waals surface area contributed by atoms with Crippen LogP contribution in [0.3, 0.4) is 0 Å². The molecule has 0 atom stereocenters. The molecule has 5 nitrogen and oxygen atoms in total. The maximum absolute atomic E-state index is 13.2. The van der Waals surface area contributed by atoms with Gasteiger partial charge in [0.2, 0.25) is 10.0 Å². The summed E-state index contributed by atoms with van der Waals surface area (Å²) in [5, 5.41) is 2.53. The van der Waals surface area contributed by atoms with E-state index >= 15 is 0 Å². The number of pyridine rings is 1. The lowest BCUT2D eigenvalue weighted by atomic mass is 10.3. The number of sulfonamides is 1. The van der Waals surface area contributed by atoms with Crippen molar-refractivity contribution in [2.75, 3.05) is 18.4 Å². The van der Waals surface area contributed by atoms with Gasteiger partial charge in [0, 0.05) is 19.3 Å². The van der Waals surface area contributed by atoms with E-state index in [1.165, 1.54) is 0 Å². The van der Waals surface area contributed by atoms with Crippen LogP contribution in [-0.2, 0) is 16.2 Å². The smallest absolute Gasteiger partial charge is 0.369 e. The van der Waals surface area contributed by atoms with Crippen LogP contribution < -0.4 is 10.0 Å². The molecule has 0 saturated carbocycles. The number of rotatable bonds is 6. The van der Waals surface area contributed by atoms with E-state index in [9.17, 15) is 26.0 Å². The Balaban J connectivity index is 1.91. The van der Waals surface area contributed by atoms with Crippen molar-refractivity contribution < 1.29 is 26.0 Å². The average molecular weight is 398 g/mol. The molecule has 0 fully saturated rings. The molecule has 11 heteroatoms. The minimum Gasteiger partial charge on any atom is -0.369 e. The van der Waals surface area contributed by atoms with Crippen LogP contribution >= 0.6 is 11.6 Å². The summed E-state index contributed by atoms with van der Waals surface area (Å²) in [5.74, 6) is -0.604. The van der Waals surface area contributed by atoms with E-state index in [0.717, 1.165) is 30.3 Å². The number of aromatic nitrogens is 1. The van der Waals surface area contributed by atoms with Crippen LogP contribution in [0.15, 0.2) is 41.4 Å². The van der Waals surface area contributed by atoms with Crippen molar-refractivity contribution in [1.82, 2.24) is 9.71 Å². The molecule has 136 valence electrons. The largest absolute Gasteiger partial charge is 0.417 e. The van der Waals surface area contributed by atoms with Gasteiger partial charge in [-0.05, 0) is 30.3 Å². The lowest BCUT2D eigenvalue weighted by molar-refractivity contribution is -0.137. The summed E-state index contributed by atoms with van der Waals surface area (Å²) in [6.07, 6.45) is -3.82. The highest BCUT2D eigenvalue weighted by atomic mass is 35.5. The van der Waals surface area contributed by atoms with Crippen LogP contribution in [-0.4, -0.2) is 26.5 Å². The Morgan fingerprint density at radius 1 is 1.12 bits per heavy atom. The highest BCUT2D eigenvalue weighted by Gasteiger charge is 2.30. The topological polar surface area (TPSA) is 71.1 Å². The summed E-state index contributed by atoms with van der Waals surface area (Å²) in [4.78, 5) is 3.18. The fourth-order valence-electron chi connectivity index (χ4n) is 1.80. The van der Waals surface area contributed by atoms with Crippen LogP contribution in [0.4, 0.5) is 23.4 Å². The summed E-state index contributed by atoms with van der Waals surface area (Å²) in [6, 6.07) is 4.91. The van der Waals surface area contributed by atoms with Gasteiger partial charge in [-0.15, -0.1) is 0 Å². The third-order valence-electron chi connectivity index (χ3n) is 3.00. The van der Waals surface area contributed by atoms with Crippen LogP contribution in [0.1, 0.15) is 5.56 Å². The molecule has 0 aliphatic carbocycles. The van der Waals surface area contributed by atoms with E-state index in [0.29, 0.717) is 6.20 Å². The minimum absolute atomic E-state index is 0.0462. The zero-order chi connectivity index (χ0) is 18.7. The fourth-order valence-corrected chi connectivity index (χ4v) is 3.34. The molecule has 0 aliphatic rings. The van der Waals surface area contributed by atoms with Crippen LogP contribution in [0.2, 0.25) is 5.02 Å². The SMILES string of the molecule is O=S(=O)(NCCNc1ccc(C(F)(F)F)cn1)c1cc(F)ccc1Cl. The highest BCUT2D eigenvalue weighted by molar-refractivity contribution is 7.89. The Hall–Kier alpha value is -1.91. The van der Waals surface area contributed by atoms with Crippen molar-refractivity contribution in [3.63, 3.8) is 0 Å². The van der Waals surface area contributed by atoms with Crippen molar-refractivity contribution in [2.24, 2.45) is 0 Å². The molecule has 0 aliphatic heterocycles. The summed E-state index contributed by atoms with van der Waals surface area (Å²) in [6.45, 7) is -0.0671. The molecule has 0 spiro atoms. The van der Waals surface area contributed by atoms with E-state index in [-0.39, 0.29) is 23.9 Å². The number of nitrogens with one attached hydrogen (secondary N) is 2. The maximum Gasteiger partial charge on any atom is 0.417 e. The fraction of sp³-hybridized carbons (Fsp3) is 0.214. The molecule has 0 bridgehead atoms. The Morgan fingerprint density at radius 3 is 2.44 bits per heavy atom. The summed E-state index contributed by atoms with van der Waals surface area (Å²) in [7, 11) is -4.03. The van der Waals surface area contributed by atoms with Gasteiger partial charge in [0.15, 0.2) is 0 Å². The zero-order valence-electron chi connectivity index (χ0n) is 12.4. The van der Waals surface area contributed by atoms with Crippen LogP contribution in [0.5, 0.6) is 0 Å². The third-order valence-corrected chi connectivity index (χ3v) is 4.94. The van der Waals surface area contributed by atoms with Crippen molar-refractivity contribution in [3.8, 4) is 0 Å². The number of hydrogen-bond donors (Lipinski definition) is 2. The zero-order valence-corrected chi connectivity index (χ0v) is 14.0. The van der Waals surface area contributed by atoms with E-state index in [4.69, 9.17) is 11.6 Å². The summed E-state index contributed by atoms with van der Waals surface area (Å²) < 4.78 is 76.6. The molecule has 25 heavy (non-hydrogen) atoms. The van der Waals surface area contributed by atoms with E-state index in [1.54, 1.807) is 0 Å². The number of hydrogen-bond acceptors (Lipinski definition) is 4. The quantitative estimate of drug-likeness (QED) is 0.579. The first-order chi connectivity index (χ1) is 11.6. The van der Waals surface area contributed by atoms with E-state index in [1.807, 2.05) is 0 Å². The molecule has 1 aromatic carbocycles. The lowest BCUT2D eigenvalue weighted by Crippen LogP contribution is -2.29. The van der Waals surface area contributed by atoms with Crippen LogP contribution in [0, 0.1) is 5.82 Å². The van der Waals surface area contributed by atoms with Gasteiger partial charge in [0.1, 0.15) is 16.5 Å². The Kier molecular flexibility index (Phi) is 5.86. The average Bonchev–Trinajstić information content (AvgIpc) is 2.53. The summed E-state index contributed by atoms with van der Waals surface area (Å²) in [5.41, 5.74) is -0.889. The Labute approximate surface area is 146 Å². The second-order valence-electron chi connectivity index (χ2n) is 4.83. The van der Waals surface area contributed by atoms with Gasteiger partial charge in [-0.3, -0.25) is 0 Å². The normalized spacial score (nSPS) is 12.2. The second kappa shape index (κ2) is 7.54. The predicted molar refractivity (Wildman–Crippen MR) is 84.3 cm³/mol. The molecule has 0 saturated heterocycles. The number of nitrogens with zero attached hydrogens (tertiary/aromatic N) is 1. The minimum atomic E-state index is -4.48. The van der Waals surface area contributed by atoms with Gasteiger partial charge in [-0.1, -0.05) is 11.6 Å². The first kappa shape index (κ1) is 19.4. The standard InChI is InChI=1S/C14H12ClF4N3O2S/c15-11-3-2-10(16)7-12(11)25(23,24)22-6-5-20-13-4-1-9(8-21-13)14(17,18)19/h1-4,7-8,22H,5-6H2,(H,20,21). The van der Waals surface area contributed by atoms with Gasteiger partial charge < -0.3 is 5.32 Å². The van der Waals surface area contributed by atoms with Gasteiger partial charge in [0.05, 0.1) is 10.6 Å². The molecule has 2 N–H and O–H groups in total. The molecular formula is C14H12ClF4N3O2S.